The van der Waals surface area contributed by atoms with Crippen LogP contribution in [0, 0.1) is 11.6 Å². The fourth-order valence-corrected chi connectivity index (χ4v) is 1.96. The van der Waals surface area contributed by atoms with E-state index in [-0.39, 0.29) is 11.3 Å². The molecule has 0 amide bonds. The van der Waals surface area contributed by atoms with Crippen molar-refractivity contribution in [3.05, 3.63) is 40.3 Å². The minimum Gasteiger partial charge on any atom is -0.440 e. The average Bonchev–Trinajstić information content (AvgIpc) is 2.65. The second-order valence-electron chi connectivity index (χ2n) is 3.30. The summed E-state index contributed by atoms with van der Waals surface area (Å²) in [5.41, 5.74) is -0.221. The predicted molar refractivity (Wildman–Crippen MR) is 64.0 cm³/mol. The van der Waals surface area contributed by atoms with Crippen molar-refractivity contribution in [2.24, 2.45) is 0 Å². The van der Waals surface area contributed by atoms with Crippen molar-refractivity contribution >= 4 is 27.5 Å². The zero-order valence-corrected chi connectivity index (χ0v) is 10.9. The summed E-state index contributed by atoms with van der Waals surface area (Å²) in [6.45, 7) is 0. The molecule has 2 rings (SSSR count). The summed E-state index contributed by atoms with van der Waals surface area (Å²) in [5.74, 6) is -0.647. The van der Waals surface area contributed by atoms with Crippen LogP contribution in [0.25, 0.3) is 11.3 Å². The molecule has 1 heterocycles. The lowest BCUT2D eigenvalue weighted by Gasteiger charge is -2.01. The molecule has 0 aliphatic heterocycles. The predicted octanol–water partition coefficient (Wildman–Crippen LogP) is 4.16. The highest BCUT2D eigenvalue weighted by atomic mass is 79.9. The Hall–Kier alpha value is -0.940. The highest BCUT2D eigenvalue weighted by molar-refractivity contribution is 9.10. The molecule has 0 saturated carbocycles. The van der Waals surface area contributed by atoms with Gasteiger partial charge in [0.15, 0.2) is 11.7 Å². The van der Waals surface area contributed by atoms with E-state index in [1.807, 2.05) is 0 Å². The Kier molecular flexibility index (Phi) is 3.79. The fourth-order valence-electron chi connectivity index (χ4n) is 1.40. The number of hydrogen-bond donors (Lipinski definition) is 0. The molecular formula is C11H7BrClF2NO. The fraction of sp³-hybridized carbons (Fsp3) is 0.182. The van der Waals surface area contributed by atoms with E-state index in [9.17, 15) is 8.78 Å². The summed E-state index contributed by atoms with van der Waals surface area (Å²) in [7, 11) is 0. The monoisotopic (exact) mass is 321 g/mol. The van der Waals surface area contributed by atoms with Gasteiger partial charge in [0.05, 0.1) is 11.8 Å². The van der Waals surface area contributed by atoms with E-state index in [1.54, 1.807) is 0 Å². The van der Waals surface area contributed by atoms with Crippen LogP contribution in [-0.4, -0.2) is 10.9 Å². The van der Waals surface area contributed by atoms with E-state index < -0.39 is 11.6 Å². The number of aromatic nitrogens is 1. The number of halogens is 4. The Labute approximate surface area is 110 Å². The van der Waals surface area contributed by atoms with Crippen molar-refractivity contribution in [3.63, 3.8) is 0 Å². The molecule has 90 valence electrons. The molecule has 0 saturated heterocycles. The molecule has 6 heteroatoms. The molecule has 2 aromatic rings. The van der Waals surface area contributed by atoms with E-state index in [0.717, 1.165) is 0 Å². The maximum absolute atomic E-state index is 13.6. The molecule has 0 N–H and O–H groups in total. The standard InChI is InChI=1S/C11H7BrClF2NO/c12-6-3-7(14)11(8(15)4-6)9-5-16-10(17-9)1-2-13/h3-5H,1-2H2. The molecule has 0 fully saturated rings. The number of alkyl halides is 1. The highest BCUT2D eigenvalue weighted by Gasteiger charge is 2.16. The van der Waals surface area contributed by atoms with E-state index in [4.69, 9.17) is 16.0 Å². The highest BCUT2D eigenvalue weighted by Crippen LogP contribution is 2.29. The van der Waals surface area contributed by atoms with Gasteiger partial charge in [-0.2, -0.15) is 0 Å². The van der Waals surface area contributed by atoms with Crippen LogP contribution in [0.1, 0.15) is 5.89 Å². The van der Waals surface area contributed by atoms with E-state index in [1.165, 1.54) is 18.3 Å². The molecule has 0 aliphatic rings. The topological polar surface area (TPSA) is 26.0 Å². The summed E-state index contributed by atoms with van der Waals surface area (Å²) < 4.78 is 32.8. The zero-order valence-electron chi connectivity index (χ0n) is 8.51. The second-order valence-corrected chi connectivity index (χ2v) is 4.60. The second kappa shape index (κ2) is 5.14. The molecule has 0 bridgehead atoms. The van der Waals surface area contributed by atoms with Gasteiger partial charge in [0.2, 0.25) is 0 Å². The van der Waals surface area contributed by atoms with Crippen LogP contribution < -0.4 is 0 Å². The summed E-state index contributed by atoms with van der Waals surface area (Å²) in [5, 5.41) is 0. The zero-order chi connectivity index (χ0) is 12.4. The molecule has 0 spiro atoms. The van der Waals surface area contributed by atoms with Crippen LogP contribution in [0.4, 0.5) is 8.78 Å². The number of nitrogens with zero attached hydrogens (tertiary/aromatic N) is 1. The molecule has 0 radical (unpaired) electrons. The van der Waals surface area contributed by atoms with Gasteiger partial charge in [-0.3, -0.25) is 0 Å². The van der Waals surface area contributed by atoms with E-state index >= 15 is 0 Å². The quantitative estimate of drug-likeness (QED) is 0.793. The Bertz CT molecular complexity index is 521. The third-order valence-corrected chi connectivity index (χ3v) is 2.76. The SMILES string of the molecule is Fc1cc(Br)cc(F)c1-c1cnc(CCCl)o1. The molecule has 0 unspecified atom stereocenters. The summed E-state index contributed by atoms with van der Waals surface area (Å²) >= 11 is 8.53. The van der Waals surface area contributed by atoms with Gasteiger partial charge >= 0.3 is 0 Å². The van der Waals surface area contributed by atoms with Gasteiger partial charge in [-0.15, -0.1) is 11.6 Å². The lowest BCUT2D eigenvalue weighted by atomic mass is 10.1. The molecule has 1 aromatic heterocycles. The molecule has 2 nitrogen and oxygen atoms in total. The lowest BCUT2D eigenvalue weighted by Crippen LogP contribution is -1.89. The molecule has 17 heavy (non-hydrogen) atoms. The number of benzene rings is 1. The van der Waals surface area contributed by atoms with Gasteiger partial charge in [0.25, 0.3) is 0 Å². The van der Waals surface area contributed by atoms with Crippen molar-refractivity contribution in [2.75, 3.05) is 5.88 Å². The summed E-state index contributed by atoms with van der Waals surface area (Å²) in [6, 6.07) is 2.34. The Balaban J connectivity index is 2.45. The van der Waals surface area contributed by atoms with Crippen LogP contribution in [-0.2, 0) is 6.42 Å². The average molecular weight is 323 g/mol. The van der Waals surface area contributed by atoms with Crippen LogP contribution in [0.3, 0.4) is 0 Å². The molecule has 0 atom stereocenters. The first-order valence-corrected chi connectivity index (χ1v) is 6.10. The van der Waals surface area contributed by atoms with Crippen LogP contribution in [0.15, 0.2) is 27.2 Å². The van der Waals surface area contributed by atoms with Gasteiger partial charge in [-0.05, 0) is 12.1 Å². The molecule has 0 aliphatic carbocycles. The van der Waals surface area contributed by atoms with E-state index in [2.05, 4.69) is 20.9 Å². The first kappa shape index (κ1) is 12.5. The van der Waals surface area contributed by atoms with E-state index in [0.29, 0.717) is 22.7 Å². The van der Waals surface area contributed by atoms with Crippen LogP contribution in [0.2, 0.25) is 0 Å². The molecular weight excluding hydrogens is 315 g/mol. The van der Waals surface area contributed by atoms with Crippen LogP contribution >= 0.6 is 27.5 Å². The van der Waals surface area contributed by atoms with Crippen molar-refractivity contribution in [2.45, 2.75) is 6.42 Å². The van der Waals surface area contributed by atoms with Gasteiger partial charge in [0.1, 0.15) is 11.6 Å². The Morgan fingerprint density at radius 1 is 1.29 bits per heavy atom. The largest absolute Gasteiger partial charge is 0.440 e. The van der Waals surface area contributed by atoms with Gasteiger partial charge in [-0.1, -0.05) is 15.9 Å². The maximum atomic E-state index is 13.6. The van der Waals surface area contributed by atoms with Crippen molar-refractivity contribution < 1.29 is 13.2 Å². The number of aryl methyl sites for hydroxylation is 1. The number of oxazole rings is 1. The number of rotatable bonds is 3. The minimum absolute atomic E-state index is 0.0626. The normalized spacial score (nSPS) is 10.8. The van der Waals surface area contributed by atoms with Crippen molar-refractivity contribution in [1.82, 2.24) is 4.98 Å². The first-order chi connectivity index (χ1) is 8.11. The van der Waals surface area contributed by atoms with Crippen LogP contribution in [0.5, 0.6) is 0 Å². The first-order valence-electron chi connectivity index (χ1n) is 4.77. The minimum atomic E-state index is -0.703. The smallest absolute Gasteiger partial charge is 0.196 e. The molecule has 1 aromatic carbocycles. The van der Waals surface area contributed by atoms with Crippen molar-refractivity contribution in [3.8, 4) is 11.3 Å². The van der Waals surface area contributed by atoms with Crippen molar-refractivity contribution in [1.29, 1.82) is 0 Å². The number of hydrogen-bond acceptors (Lipinski definition) is 2. The maximum Gasteiger partial charge on any atom is 0.196 e. The Morgan fingerprint density at radius 3 is 2.53 bits per heavy atom. The van der Waals surface area contributed by atoms with Gasteiger partial charge in [-0.25, -0.2) is 13.8 Å². The van der Waals surface area contributed by atoms with Gasteiger partial charge < -0.3 is 4.42 Å². The Morgan fingerprint density at radius 2 is 1.94 bits per heavy atom. The third-order valence-electron chi connectivity index (χ3n) is 2.12. The lowest BCUT2D eigenvalue weighted by molar-refractivity contribution is 0.502. The summed E-state index contributed by atoms with van der Waals surface area (Å²) in [4.78, 5) is 3.89. The summed E-state index contributed by atoms with van der Waals surface area (Å²) in [6.07, 6.45) is 1.71. The third kappa shape index (κ3) is 2.66. The van der Waals surface area contributed by atoms with Gasteiger partial charge in [0, 0.05) is 16.8 Å².